The van der Waals surface area contributed by atoms with Gasteiger partial charge in [-0.1, -0.05) is 184 Å². The second-order valence-corrected chi connectivity index (χ2v) is 17.8. The fourth-order valence-corrected chi connectivity index (χ4v) is 12.3. The van der Waals surface area contributed by atoms with Crippen molar-refractivity contribution >= 4 is 69.2 Å². The normalized spacial score (nSPS) is 14.4. The van der Waals surface area contributed by atoms with Crippen LogP contribution in [0.25, 0.3) is 21.5 Å². The lowest BCUT2D eigenvalue weighted by Gasteiger charge is -2.38. The Morgan fingerprint density at radius 3 is 1.20 bits per heavy atom. The van der Waals surface area contributed by atoms with Gasteiger partial charge in [0.15, 0.2) is 0 Å². The van der Waals surface area contributed by atoms with Gasteiger partial charge in [-0.3, -0.25) is 0 Å². The largest absolute Gasteiger partial charge is 0.455 e. The molecule has 1 aliphatic heterocycles. The summed E-state index contributed by atoms with van der Waals surface area (Å²) in [6, 6.07) is 66.9. The van der Waals surface area contributed by atoms with Crippen LogP contribution >= 0.6 is 15.8 Å². The highest BCUT2D eigenvalue weighted by atomic mass is 31.1. The maximum absolute atomic E-state index is 7.43. The van der Waals surface area contributed by atoms with Gasteiger partial charge in [-0.15, -0.1) is 0 Å². The molecular weight excluding hydrogens is 642 g/mol. The van der Waals surface area contributed by atoms with Crippen molar-refractivity contribution in [3.63, 3.8) is 0 Å². The van der Waals surface area contributed by atoms with Crippen LogP contribution < -0.4 is 36.6 Å². The second kappa shape index (κ2) is 12.7. The predicted octanol–water partition coefficient (Wildman–Crippen LogP) is 9.94. The Labute approximate surface area is 296 Å². The van der Waals surface area contributed by atoms with E-state index in [1.165, 1.54) is 64.5 Å². The van der Waals surface area contributed by atoms with Crippen molar-refractivity contribution in [2.24, 2.45) is 0 Å². The molecule has 0 spiro atoms. The molecule has 1 heterocycles. The van der Waals surface area contributed by atoms with E-state index in [9.17, 15) is 0 Å². The van der Waals surface area contributed by atoms with Gasteiger partial charge < -0.3 is 4.74 Å². The van der Waals surface area contributed by atoms with E-state index in [2.05, 4.69) is 196 Å². The lowest BCUT2D eigenvalue weighted by atomic mass is 9.76. The van der Waals surface area contributed by atoms with Crippen LogP contribution in [0.2, 0.25) is 0 Å². The minimum absolute atomic E-state index is 0.267. The van der Waals surface area contributed by atoms with E-state index in [1.807, 2.05) is 0 Å². The number of ether oxygens (including phenoxy) is 1. The number of hydrogen-bond donors (Lipinski definition) is 0. The Balaban J connectivity index is 1.25. The smallest absolute Gasteiger partial charge is 0.139 e. The van der Waals surface area contributed by atoms with Crippen LogP contribution in [-0.4, -0.2) is 0 Å². The van der Waals surface area contributed by atoms with Crippen molar-refractivity contribution in [2.45, 2.75) is 19.3 Å². The molecule has 2 atom stereocenters. The molecule has 3 heteroatoms. The first kappa shape index (κ1) is 31.0. The fraction of sp³-hybridized carbons (Fsp3) is 0.0638. The zero-order valence-electron chi connectivity index (χ0n) is 28.1. The monoisotopic (exact) mass is 678 g/mol. The number of para-hydroxylation sites is 2. The van der Waals surface area contributed by atoms with E-state index in [4.69, 9.17) is 4.74 Å². The maximum atomic E-state index is 7.43. The molecule has 0 aliphatic carbocycles. The first-order chi connectivity index (χ1) is 24.6. The first-order valence-electron chi connectivity index (χ1n) is 17.2. The molecule has 0 radical (unpaired) electrons. The van der Waals surface area contributed by atoms with Crippen LogP contribution in [-0.2, 0) is 5.41 Å². The van der Waals surface area contributed by atoms with Crippen molar-refractivity contribution in [3.8, 4) is 11.5 Å². The fourth-order valence-electron chi connectivity index (χ4n) is 7.49. The Hall–Kier alpha value is -5.06. The van der Waals surface area contributed by atoms with Crippen molar-refractivity contribution in [3.05, 3.63) is 193 Å². The average Bonchev–Trinajstić information content (AvgIpc) is 3.16. The predicted molar refractivity (Wildman–Crippen MR) is 218 cm³/mol. The molecule has 0 saturated carbocycles. The van der Waals surface area contributed by atoms with Gasteiger partial charge in [0, 0.05) is 27.2 Å². The Morgan fingerprint density at radius 2 is 0.760 bits per heavy atom. The third-order valence-corrected chi connectivity index (χ3v) is 14.9. The summed E-state index contributed by atoms with van der Waals surface area (Å²) in [7, 11) is -1.83. The van der Waals surface area contributed by atoms with Crippen molar-refractivity contribution in [1.29, 1.82) is 0 Å². The molecule has 2 unspecified atom stereocenters. The summed E-state index contributed by atoms with van der Waals surface area (Å²) in [6.45, 7) is 4.73. The van der Waals surface area contributed by atoms with E-state index in [0.717, 1.165) is 11.5 Å². The summed E-state index contributed by atoms with van der Waals surface area (Å²) in [4.78, 5) is 0. The highest BCUT2D eigenvalue weighted by molar-refractivity contribution is 7.80. The molecule has 1 aliphatic rings. The van der Waals surface area contributed by atoms with Gasteiger partial charge in [-0.05, 0) is 70.7 Å². The molecule has 1 nitrogen and oxygen atoms in total. The molecule has 50 heavy (non-hydrogen) atoms. The molecule has 0 aromatic heterocycles. The highest BCUT2D eigenvalue weighted by Crippen LogP contribution is 2.52. The SMILES string of the molecule is CC1(C)c2cccc(P(c3ccccc3)c3ccc4ccccc4c3)c2Oc2c(P(c3ccccc3)c3ccc4ccccc4c3)cccc21. The van der Waals surface area contributed by atoms with Gasteiger partial charge in [0.25, 0.3) is 0 Å². The Morgan fingerprint density at radius 1 is 0.360 bits per heavy atom. The second-order valence-electron chi connectivity index (χ2n) is 13.4. The number of hydrogen-bond acceptors (Lipinski definition) is 1. The van der Waals surface area contributed by atoms with Gasteiger partial charge >= 0.3 is 0 Å². The molecule has 0 amide bonds. The Bertz CT molecular complexity index is 2330. The van der Waals surface area contributed by atoms with Crippen LogP contribution in [0.15, 0.2) is 182 Å². The van der Waals surface area contributed by atoms with Crippen molar-refractivity contribution in [1.82, 2.24) is 0 Å². The molecule has 8 aromatic rings. The van der Waals surface area contributed by atoms with Gasteiger partial charge in [0.05, 0.1) is 0 Å². The third-order valence-electron chi connectivity index (χ3n) is 10.0. The molecule has 0 saturated heterocycles. The maximum Gasteiger partial charge on any atom is 0.139 e. The summed E-state index contributed by atoms with van der Waals surface area (Å²) in [5.74, 6) is 2.00. The summed E-state index contributed by atoms with van der Waals surface area (Å²) >= 11 is 0. The minimum atomic E-state index is -0.917. The highest BCUT2D eigenvalue weighted by Gasteiger charge is 2.39. The Kier molecular flexibility index (Phi) is 7.85. The zero-order chi connectivity index (χ0) is 33.7. The quantitative estimate of drug-likeness (QED) is 0.159. The van der Waals surface area contributed by atoms with Crippen LogP contribution in [0.1, 0.15) is 25.0 Å². The summed E-state index contributed by atoms with van der Waals surface area (Å²) in [5, 5.41) is 12.8. The minimum Gasteiger partial charge on any atom is -0.455 e. The average molecular weight is 679 g/mol. The van der Waals surface area contributed by atoms with Crippen LogP contribution in [0.5, 0.6) is 11.5 Å². The van der Waals surface area contributed by atoms with Gasteiger partial charge in [0.1, 0.15) is 11.5 Å². The van der Waals surface area contributed by atoms with Crippen LogP contribution in [0, 0.1) is 0 Å². The van der Waals surface area contributed by atoms with Gasteiger partial charge in [0.2, 0.25) is 0 Å². The summed E-state index contributed by atoms with van der Waals surface area (Å²) in [6.07, 6.45) is 0. The number of fused-ring (bicyclic) bond motifs is 4. The van der Waals surface area contributed by atoms with E-state index >= 15 is 0 Å². The lowest BCUT2D eigenvalue weighted by Crippen LogP contribution is -2.32. The molecule has 9 rings (SSSR count). The van der Waals surface area contributed by atoms with Crippen molar-refractivity contribution in [2.75, 3.05) is 0 Å². The third kappa shape index (κ3) is 5.34. The first-order valence-corrected chi connectivity index (χ1v) is 19.9. The van der Waals surface area contributed by atoms with Crippen molar-refractivity contribution < 1.29 is 4.74 Å². The lowest BCUT2D eigenvalue weighted by molar-refractivity contribution is 0.425. The van der Waals surface area contributed by atoms with E-state index in [1.54, 1.807) is 0 Å². The standard InChI is InChI=1S/C47H36OP2/c1-47(2)41-23-13-25-43(49(37-19-5-3-6-20-37)39-29-27-33-15-9-11-17-35(33)31-39)45(41)48-46-42(47)24-14-26-44(46)50(38-21-7-4-8-22-38)40-30-28-34-16-10-12-18-36(34)32-40/h3-32H,1-2H3. The number of rotatable bonds is 6. The number of benzene rings is 8. The van der Waals surface area contributed by atoms with Gasteiger partial charge in [-0.25, -0.2) is 0 Å². The molecule has 8 aromatic carbocycles. The summed E-state index contributed by atoms with van der Waals surface area (Å²) < 4.78 is 7.43. The molecule has 0 N–H and O–H groups in total. The molecule has 0 fully saturated rings. The van der Waals surface area contributed by atoms with E-state index in [0.29, 0.717) is 0 Å². The molecular formula is C47H36OP2. The van der Waals surface area contributed by atoms with Crippen LogP contribution in [0.3, 0.4) is 0 Å². The van der Waals surface area contributed by atoms with Crippen LogP contribution in [0.4, 0.5) is 0 Å². The zero-order valence-corrected chi connectivity index (χ0v) is 29.9. The molecule has 0 bridgehead atoms. The summed E-state index contributed by atoms with van der Waals surface area (Å²) in [5.41, 5.74) is 2.20. The topological polar surface area (TPSA) is 9.23 Å². The molecule has 240 valence electrons. The van der Waals surface area contributed by atoms with Gasteiger partial charge in [-0.2, -0.15) is 0 Å². The van der Waals surface area contributed by atoms with E-state index in [-0.39, 0.29) is 5.41 Å². The van der Waals surface area contributed by atoms with E-state index < -0.39 is 15.8 Å².